The summed E-state index contributed by atoms with van der Waals surface area (Å²) in [6, 6.07) is 15.2. The number of rotatable bonds is 2. The van der Waals surface area contributed by atoms with Gasteiger partial charge in [-0.05, 0) is 30.3 Å². The summed E-state index contributed by atoms with van der Waals surface area (Å²) in [7, 11) is 1.84. The summed E-state index contributed by atoms with van der Waals surface area (Å²) in [5.41, 5.74) is 1.72. The van der Waals surface area contributed by atoms with Crippen LogP contribution in [0.15, 0.2) is 60.2 Å². The van der Waals surface area contributed by atoms with E-state index in [1.165, 1.54) is 6.08 Å². The van der Waals surface area contributed by atoms with Gasteiger partial charge in [-0.1, -0.05) is 41.9 Å². The number of hydrogen-bond acceptors (Lipinski definition) is 3. The molecule has 0 atom stereocenters. The zero-order valence-corrected chi connectivity index (χ0v) is 15.0. The van der Waals surface area contributed by atoms with Crippen molar-refractivity contribution in [2.75, 3.05) is 4.90 Å². The minimum absolute atomic E-state index is 0.138. The van der Waals surface area contributed by atoms with Gasteiger partial charge in [-0.15, -0.1) is 0 Å². The van der Waals surface area contributed by atoms with Gasteiger partial charge in [-0.25, -0.2) is 9.69 Å². The lowest BCUT2D eigenvalue weighted by atomic mass is 10.1. The zero-order valence-electron chi connectivity index (χ0n) is 14.3. The first-order chi connectivity index (χ1) is 13.0. The fraction of sp³-hybridized carbons (Fsp3) is 0.0500. The van der Waals surface area contributed by atoms with Gasteiger partial charge in [0.05, 0.1) is 10.7 Å². The number of nitrogens with one attached hydrogen (secondary N) is 1. The molecule has 6 nitrogen and oxygen atoms in total. The van der Waals surface area contributed by atoms with Crippen LogP contribution in [-0.2, 0) is 16.6 Å². The molecule has 2 aromatic carbocycles. The summed E-state index contributed by atoms with van der Waals surface area (Å²) in [6.45, 7) is 0. The van der Waals surface area contributed by atoms with E-state index in [1.54, 1.807) is 24.3 Å². The number of barbiturate groups is 1. The van der Waals surface area contributed by atoms with Crippen molar-refractivity contribution in [3.05, 3.63) is 70.9 Å². The number of aromatic nitrogens is 1. The molecule has 0 bridgehead atoms. The second-order valence-electron chi connectivity index (χ2n) is 6.10. The minimum Gasteiger partial charge on any atom is -0.344 e. The molecule has 0 radical (unpaired) electrons. The molecule has 1 aliphatic heterocycles. The molecule has 0 unspecified atom stereocenters. The van der Waals surface area contributed by atoms with Gasteiger partial charge in [0.25, 0.3) is 11.8 Å². The first kappa shape index (κ1) is 17.1. The molecule has 4 rings (SSSR count). The molecular formula is C20H14ClN3O3. The molecule has 0 aliphatic carbocycles. The van der Waals surface area contributed by atoms with E-state index >= 15 is 0 Å². The Labute approximate surface area is 159 Å². The maximum absolute atomic E-state index is 12.9. The van der Waals surface area contributed by atoms with Gasteiger partial charge in [-0.2, -0.15) is 0 Å². The summed E-state index contributed by atoms with van der Waals surface area (Å²) >= 11 is 6.13. The van der Waals surface area contributed by atoms with Gasteiger partial charge in [-0.3, -0.25) is 14.9 Å². The average Bonchev–Trinajstić information content (AvgIpc) is 2.96. The number of carbonyl (C=O) groups is 3. The average molecular weight is 380 g/mol. The Balaban J connectivity index is 1.82. The lowest BCUT2D eigenvalue weighted by molar-refractivity contribution is -0.122. The monoisotopic (exact) mass is 379 g/mol. The lowest BCUT2D eigenvalue weighted by Gasteiger charge is -2.27. The fourth-order valence-electron chi connectivity index (χ4n) is 3.11. The van der Waals surface area contributed by atoms with Crippen molar-refractivity contribution in [1.82, 2.24) is 9.88 Å². The molecule has 1 N–H and O–H groups in total. The number of anilines is 1. The Morgan fingerprint density at radius 1 is 1.00 bits per heavy atom. The predicted molar refractivity (Wildman–Crippen MR) is 103 cm³/mol. The van der Waals surface area contributed by atoms with Crippen molar-refractivity contribution in [3.63, 3.8) is 0 Å². The predicted octanol–water partition coefficient (Wildman–Crippen LogP) is 3.50. The zero-order chi connectivity index (χ0) is 19.1. The molecule has 4 amide bonds. The smallest absolute Gasteiger partial charge is 0.335 e. The number of fused-ring (bicyclic) bond motifs is 1. The normalized spacial score (nSPS) is 16.3. The number of hydrogen-bond donors (Lipinski definition) is 1. The summed E-state index contributed by atoms with van der Waals surface area (Å²) < 4.78 is 1.87. The number of nitrogens with zero attached hydrogens (tertiary/aromatic N) is 2. The van der Waals surface area contributed by atoms with Crippen LogP contribution in [0.1, 0.15) is 5.69 Å². The Morgan fingerprint density at radius 3 is 2.44 bits per heavy atom. The highest BCUT2D eigenvalue weighted by Crippen LogP contribution is 2.29. The molecule has 1 aliphatic rings. The van der Waals surface area contributed by atoms with Gasteiger partial charge in [0.1, 0.15) is 5.57 Å². The highest BCUT2D eigenvalue weighted by molar-refractivity contribution is 6.42. The third kappa shape index (κ3) is 2.80. The molecule has 0 spiro atoms. The molecule has 134 valence electrons. The van der Waals surface area contributed by atoms with Crippen LogP contribution in [0.3, 0.4) is 0 Å². The maximum Gasteiger partial charge on any atom is 0.335 e. The van der Waals surface area contributed by atoms with Crippen LogP contribution in [-0.4, -0.2) is 22.4 Å². The Hall–Kier alpha value is -3.38. The molecule has 1 saturated heterocycles. The summed E-state index contributed by atoms with van der Waals surface area (Å²) in [4.78, 5) is 38.4. The number of benzene rings is 2. The van der Waals surface area contributed by atoms with E-state index in [4.69, 9.17) is 11.6 Å². The maximum atomic E-state index is 12.9. The van der Waals surface area contributed by atoms with Gasteiger partial charge < -0.3 is 4.57 Å². The fourth-order valence-corrected chi connectivity index (χ4v) is 3.33. The third-order valence-corrected chi connectivity index (χ3v) is 4.80. The van der Waals surface area contributed by atoms with Crippen molar-refractivity contribution < 1.29 is 14.4 Å². The molecule has 27 heavy (non-hydrogen) atoms. The van der Waals surface area contributed by atoms with Crippen LogP contribution in [0.4, 0.5) is 10.5 Å². The Kier molecular flexibility index (Phi) is 4.05. The second-order valence-corrected chi connectivity index (χ2v) is 6.50. The van der Waals surface area contributed by atoms with Gasteiger partial charge in [0, 0.05) is 23.6 Å². The van der Waals surface area contributed by atoms with Crippen LogP contribution in [0.25, 0.3) is 17.0 Å². The van der Waals surface area contributed by atoms with Crippen molar-refractivity contribution in [3.8, 4) is 0 Å². The summed E-state index contributed by atoms with van der Waals surface area (Å²) in [6.07, 6.45) is 1.48. The molecule has 3 aromatic rings. The molecule has 2 heterocycles. The number of para-hydroxylation sites is 2. The topological polar surface area (TPSA) is 71.4 Å². The number of halogens is 1. The van der Waals surface area contributed by atoms with Gasteiger partial charge >= 0.3 is 6.03 Å². The van der Waals surface area contributed by atoms with Crippen LogP contribution >= 0.6 is 11.6 Å². The van der Waals surface area contributed by atoms with Crippen molar-refractivity contribution >= 4 is 52.1 Å². The van der Waals surface area contributed by atoms with Gasteiger partial charge in [0.2, 0.25) is 0 Å². The number of carbonyl (C=O) groups excluding carboxylic acids is 3. The van der Waals surface area contributed by atoms with Crippen LogP contribution < -0.4 is 10.2 Å². The SMILES string of the molecule is Cn1c(C=C2C(=O)NC(=O)N(c3ccccc3Cl)C2=O)cc2ccccc21. The van der Waals surface area contributed by atoms with Crippen molar-refractivity contribution in [2.45, 2.75) is 0 Å². The third-order valence-electron chi connectivity index (χ3n) is 4.48. The van der Waals surface area contributed by atoms with Gasteiger partial charge in [0.15, 0.2) is 0 Å². The lowest BCUT2D eigenvalue weighted by Crippen LogP contribution is -2.54. The standard InChI is InChI=1S/C20H14ClN3O3/c1-23-13(10-12-6-2-4-8-16(12)23)11-14-18(25)22-20(27)24(19(14)26)17-9-5-3-7-15(17)21/h2-11H,1H3,(H,22,25,27). The first-order valence-corrected chi connectivity index (χ1v) is 8.55. The Bertz CT molecular complexity index is 1150. The molecule has 7 heteroatoms. The van der Waals surface area contributed by atoms with E-state index < -0.39 is 17.8 Å². The van der Waals surface area contributed by atoms with Crippen molar-refractivity contribution in [1.29, 1.82) is 0 Å². The van der Waals surface area contributed by atoms with E-state index in [0.29, 0.717) is 5.69 Å². The number of aryl methyl sites for hydroxylation is 1. The largest absolute Gasteiger partial charge is 0.344 e. The quantitative estimate of drug-likeness (QED) is 0.547. The summed E-state index contributed by atoms with van der Waals surface area (Å²) in [5, 5.41) is 3.42. The van der Waals surface area contributed by atoms with E-state index in [2.05, 4.69) is 5.32 Å². The molecule has 0 saturated carbocycles. The van der Waals surface area contributed by atoms with E-state index in [1.807, 2.05) is 41.9 Å². The van der Waals surface area contributed by atoms with Crippen LogP contribution in [0, 0.1) is 0 Å². The number of amides is 4. The second kappa shape index (κ2) is 6.41. The van der Waals surface area contributed by atoms with Crippen molar-refractivity contribution in [2.24, 2.45) is 7.05 Å². The number of urea groups is 1. The van der Waals surface area contributed by atoms with E-state index in [9.17, 15) is 14.4 Å². The molecule has 1 aromatic heterocycles. The van der Waals surface area contributed by atoms with Crippen LogP contribution in [0.2, 0.25) is 5.02 Å². The van der Waals surface area contributed by atoms with Crippen LogP contribution in [0.5, 0.6) is 0 Å². The summed E-state index contributed by atoms with van der Waals surface area (Å²) in [5.74, 6) is -1.46. The minimum atomic E-state index is -0.827. The van der Waals surface area contributed by atoms with E-state index in [-0.39, 0.29) is 16.3 Å². The Morgan fingerprint density at radius 2 is 1.70 bits per heavy atom. The highest BCUT2D eigenvalue weighted by atomic mass is 35.5. The first-order valence-electron chi connectivity index (χ1n) is 8.18. The van der Waals surface area contributed by atoms with E-state index in [0.717, 1.165) is 15.8 Å². The molecule has 1 fully saturated rings. The molecular weight excluding hydrogens is 366 g/mol. The number of imide groups is 2. The highest BCUT2D eigenvalue weighted by Gasteiger charge is 2.37.